The van der Waals surface area contributed by atoms with Gasteiger partial charge >= 0.3 is 6.72 Å². The summed E-state index contributed by atoms with van der Waals surface area (Å²) >= 11 is 5.07. The highest BCUT2D eigenvalue weighted by Crippen LogP contribution is 2.51. The average molecular weight is 649 g/mol. The quantitative estimate of drug-likeness (QED) is 0.104. The third-order valence-corrected chi connectivity index (χ3v) is 8.31. The Kier molecular flexibility index (Phi) is 7.76. The van der Waals surface area contributed by atoms with Crippen LogP contribution in [0, 0.1) is 0 Å². The predicted molar refractivity (Wildman–Crippen MR) is 141 cm³/mol. The Morgan fingerprint density at radius 1 is 1.07 bits per heavy atom. The summed E-state index contributed by atoms with van der Waals surface area (Å²) in [6, 6.07) is 0. The van der Waals surface area contributed by atoms with Gasteiger partial charge in [-0.3, -0.25) is 14.3 Å². The molecule has 0 saturated carbocycles. The molecule has 24 heteroatoms. The molecule has 0 bridgehead atoms. The van der Waals surface area contributed by atoms with Crippen molar-refractivity contribution in [3.05, 3.63) is 16.7 Å². The molecule has 8 N–H and O–H groups in total. The van der Waals surface area contributed by atoms with Crippen LogP contribution in [-0.2, 0) is 30.3 Å². The number of aliphatic hydroxyl groups is 2. The van der Waals surface area contributed by atoms with Crippen molar-refractivity contribution >= 4 is 52.6 Å². The number of nitrogens with two attached hydrogens (primary N) is 2. The second kappa shape index (κ2) is 11.3. The maximum absolute atomic E-state index is 15.5. The summed E-state index contributed by atoms with van der Waals surface area (Å²) in [5, 5.41) is 34.9. The van der Waals surface area contributed by atoms with Gasteiger partial charge in [-0.1, -0.05) is 10.4 Å². The first kappa shape index (κ1) is 29.7. The molecule has 4 aromatic rings. The predicted octanol–water partition coefficient (Wildman–Crippen LogP) is -2.25. The summed E-state index contributed by atoms with van der Waals surface area (Å²) in [5.41, 5.74) is 10.3. The number of fused-ring (bicyclic) bond motifs is 2. The first-order chi connectivity index (χ1) is 20.5. The van der Waals surface area contributed by atoms with Crippen molar-refractivity contribution in [3.8, 4) is 0 Å². The molecule has 2 aliphatic heterocycles. The molecule has 0 aromatic carbocycles. The molecule has 0 aliphatic carbocycles. The van der Waals surface area contributed by atoms with Gasteiger partial charge in [0.25, 0.3) is 5.56 Å². The van der Waals surface area contributed by atoms with Gasteiger partial charge in [0.15, 0.2) is 52.9 Å². The van der Waals surface area contributed by atoms with Crippen molar-refractivity contribution in [3.63, 3.8) is 0 Å². The van der Waals surface area contributed by atoms with E-state index in [0.29, 0.717) is 0 Å². The maximum atomic E-state index is 15.5. The smallest absolute Gasteiger partial charge is 0.325 e. The van der Waals surface area contributed by atoms with Crippen molar-refractivity contribution in [1.29, 1.82) is 0 Å². The van der Waals surface area contributed by atoms with E-state index in [-0.39, 0.29) is 40.5 Å². The number of nitrogens with zero attached hydrogens (tertiary/aromatic N) is 9. The SMILES string of the molecule is Nc1nc2c(nnn2[C@@H]2O[C@H](CCO)[C@H](F)[C@H]2OP(O)(=S)OC[C@H]2O[C@@H](n3nnc4c(N)ncnc43)[C@@H](F)[C@@H]2O)c(=O)[nH]1. The zero-order valence-electron chi connectivity index (χ0n) is 21.5. The first-order valence-corrected chi connectivity index (χ1v) is 15.0. The van der Waals surface area contributed by atoms with Crippen molar-refractivity contribution in [1.82, 2.24) is 49.9 Å². The van der Waals surface area contributed by atoms with Crippen LogP contribution < -0.4 is 17.0 Å². The van der Waals surface area contributed by atoms with E-state index in [1.165, 1.54) is 0 Å². The van der Waals surface area contributed by atoms with Gasteiger partial charge in [-0.05, 0) is 18.2 Å². The Labute approximate surface area is 242 Å². The number of alkyl halides is 2. The molecule has 2 aliphatic rings. The summed E-state index contributed by atoms with van der Waals surface area (Å²) in [5.74, 6) is -0.292. The van der Waals surface area contributed by atoms with E-state index in [1.54, 1.807) is 0 Å². The van der Waals surface area contributed by atoms with Crippen molar-refractivity contribution in [2.45, 2.75) is 55.6 Å². The van der Waals surface area contributed by atoms with Crippen LogP contribution in [0.5, 0.6) is 0 Å². The fourth-order valence-corrected chi connectivity index (χ4v) is 6.14. The molecule has 6 rings (SSSR count). The minimum atomic E-state index is -4.38. The van der Waals surface area contributed by atoms with Crippen molar-refractivity contribution in [2.24, 2.45) is 0 Å². The van der Waals surface area contributed by atoms with Gasteiger partial charge in [-0.15, -0.1) is 10.2 Å². The Morgan fingerprint density at radius 2 is 1.77 bits per heavy atom. The molecular weight excluding hydrogens is 625 g/mol. The lowest BCUT2D eigenvalue weighted by atomic mass is 10.1. The first-order valence-electron chi connectivity index (χ1n) is 12.4. The standard InChI is InChI=1S/C19H23F2N12O8PS/c20-7-5(1-2-34)39-18(33-15-10(29-31-33)16(36)27-19(23)26-15)12(7)41-42(37,43)38-3-6-11(35)8(21)17(40-6)32-14-9(28-30-32)13(22)24-4-25-14/h4-8,11-12,17-18,34-35H,1-3H2,(H,37,43)(H2,22,24,25)(H3,23,26,27,36)/t5-,6-,7+,8+,11-,12-,17-,18-,42?/m1/s1. The minimum Gasteiger partial charge on any atom is -0.396 e. The summed E-state index contributed by atoms with van der Waals surface area (Å²) < 4.78 is 54.5. The highest BCUT2D eigenvalue weighted by Gasteiger charge is 2.51. The fraction of sp³-hybridized carbons (Fsp3) is 0.579. The molecule has 2 fully saturated rings. The molecule has 4 aromatic heterocycles. The second-order valence-electron chi connectivity index (χ2n) is 9.48. The van der Waals surface area contributed by atoms with Gasteiger partial charge in [0.05, 0.1) is 12.7 Å². The van der Waals surface area contributed by atoms with Gasteiger partial charge in [0, 0.05) is 6.61 Å². The number of hydrogen-bond donors (Lipinski definition) is 6. The number of halogens is 2. The lowest BCUT2D eigenvalue weighted by Crippen LogP contribution is -2.33. The number of hydrogen-bond acceptors (Lipinski definition) is 17. The fourth-order valence-electron chi connectivity index (χ4n) is 4.73. The molecule has 2 saturated heterocycles. The molecule has 232 valence electrons. The topological polar surface area (TPSA) is 283 Å². The molecule has 0 spiro atoms. The molecule has 43 heavy (non-hydrogen) atoms. The second-order valence-corrected chi connectivity index (χ2v) is 12.3. The Morgan fingerprint density at radius 3 is 2.51 bits per heavy atom. The number of nitrogen functional groups attached to an aromatic ring is 2. The summed E-state index contributed by atoms with van der Waals surface area (Å²) in [6.45, 7) is -5.53. The third-order valence-electron chi connectivity index (χ3n) is 6.75. The molecular formula is C19H23F2N12O8PS. The lowest BCUT2D eigenvalue weighted by Gasteiger charge is -2.25. The van der Waals surface area contributed by atoms with E-state index in [4.69, 9.17) is 41.8 Å². The van der Waals surface area contributed by atoms with E-state index >= 15 is 8.78 Å². The number of rotatable bonds is 9. The Bertz CT molecular complexity index is 1760. The number of aromatic amines is 1. The molecule has 20 nitrogen and oxygen atoms in total. The monoisotopic (exact) mass is 648 g/mol. The van der Waals surface area contributed by atoms with Crippen LogP contribution in [-0.4, -0.2) is 115 Å². The minimum absolute atomic E-state index is 0.00487. The number of aliphatic hydroxyl groups excluding tert-OH is 2. The van der Waals surface area contributed by atoms with Crippen LogP contribution in [0.4, 0.5) is 20.5 Å². The number of nitrogens with one attached hydrogen (secondary N) is 1. The Balaban J connectivity index is 1.19. The lowest BCUT2D eigenvalue weighted by molar-refractivity contribution is -0.0578. The van der Waals surface area contributed by atoms with Gasteiger partial charge < -0.3 is 40.6 Å². The van der Waals surface area contributed by atoms with E-state index in [1.807, 2.05) is 0 Å². The third kappa shape index (κ3) is 5.32. The van der Waals surface area contributed by atoms with Gasteiger partial charge in [-0.2, -0.15) is 14.3 Å². The number of H-pyrrole nitrogens is 1. The van der Waals surface area contributed by atoms with Crippen molar-refractivity contribution in [2.75, 3.05) is 24.7 Å². The molecule has 0 radical (unpaired) electrons. The summed E-state index contributed by atoms with van der Waals surface area (Å²) in [7, 11) is 0. The highest BCUT2D eigenvalue weighted by atomic mass is 32.5. The number of aromatic nitrogens is 10. The van der Waals surface area contributed by atoms with Crippen LogP contribution in [0.1, 0.15) is 18.9 Å². The van der Waals surface area contributed by atoms with Crippen LogP contribution in [0.3, 0.4) is 0 Å². The van der Waals surface area contributed by atoms with E-state index < -0.39 is 74.7 Å². The summed E-state index contributed by atoms with van der Waals surface area (Å²) in [4.78, 5) is 37.0. The van der Waals surface area contributed by atoms with Gasteiger partial charge in [0.1, 0.15) is 24.6 Å². The van der Waals surface area contributed by atoms with Crippen LogP contribution in [0.15, 0.2) is 11.1 Å². The molecule has 6 heterocycles. The van der Waals surface area contributed by atoms with Gasteiger partial charge in [-0.25, -0.2) is 18.7 Å². The molecule has 9 atom stereocenters. The maximum Gasteiger partial charge on any atom is 0.325 e. The van der Waals surface area contributed by atoms with Crippen LogP contribution in [0.2, 0.25) is 0 Å². The zero-order valence-corrected chi connectivity index (χ0v) is 23.2. The largest absolute Gasteiger partial charge is 0.396 e. The van der Waals surface area contributed by atoms with E-state index in [9.17, 15) is 19.9 Å². The normalized spacial score (nSPS) is 30.8. The van der Waals surface area contributed by atoms with Crippen LogP contribution >= 0.6 is 6.72 Å². The molecule has 1 unspecified atom stereocenters. The molecule has 0 amide bonds. The van der Waals surface area contributed by atoms with Gasteiger partial charge in [0.2, 0.25) is 5.95 Å². The Hall–Kier alpha value is -3.41. The highest BCUT2D eigenvalue weighted by molar-refractivity contribution is 8.07. The average Bonchev–Trinajstić information content (AvgIpc) is 3.71. The number of ether oxygens (including phenoxy) is 2. The summed E-state index contributed by atoms with van der Waals surface area (Å²) in [6.07, 6.45) is -12.2. The van der Waals surface area contributed by atoms with Crippen molar-refractivity contribution < 1.29 is 42.4 Å². The van der Waals surface area contributed by atoms with Crippen LogP contribution in [0.25, 0.3) is 22.3 Å². The zero-order chi connectivity index (χ0) is 30.6. The van der Waals surface area contributed by atoms with E-state index in [0.717, 1.165) is 15.7 Å². The number of anilines is 2. The van der Waals surface area contributed by atoms with E-state index in [2.05, 4.69) is 40.6 Å².